The maximum atomic E-state index is 13.8. The average molecular weight is 657 g/mol. The number of hydrogen-bond donors (Lipinski definition) is 2. The summed E-state index contributed by atoms with van der Waals surface area (Å²) >= 11 is 7.95. The molecule has 6 nitrogen and oxygen atoms in total. The van der Waals surface area contributed by atoms with Gasteiger partial charge >= 0.3 is 5.97 Å². The van der Waals surface area contributed by atoms with E-state index in [1.165, 1.54) is 17.8 Å². The number of aromatic hydroxyl groups is 1. The fourth-order valence-electron chi connectivity index (χ4n) is 8.59. The molecule has 6 rings (SSSR count). The number of aliphatic hydroxyl groups is 1. The molecule has 4 aliphatic rings. The molecule has 2 aromatic carbocycles. The lowest BCUT2D eigenvalue weighted by Crippen LogP contribution is -2.62. The molecule has 44 heavy (non-hydrogen) atoms. The fraction of sp³-hybridized carbons (Fsp3) is 0.441. The first kappa shape index (κ1) is 31.4. The van der Waals surface area contributed by atoms with E-state index in [1.54, 1.807) is 48.6 Å². The highest BCUT2D eigenvalue weighted by Crippen LogP contribution is 2.68. The van der Waals surface area contributed by atoms with Crippen molar-refractivity contribution in [2.24, 2.45) is 28.6 Å². The van der Waals surface area contributed by atoms with Crippen molar-refractivity contribution < 1.29 is 33.7 Å². The third-order valence-corrected chi connectivity index (χ3v) is 12.6. The van der Waals surface area contributed by atoms with E-state index in [0.29, 0.717) is 24.6 Å². The highest BCUT2D eigenvalue weighted by Gasteiger charge is 2.70. The number of alkyl halides is 1. The van der Waals surface area contributed by atoms with Gasteiger partial charge < -0.3 is 14.9 Å². The topological polar surface area (TPSA) is 101 Å². The van der Waals surface area contributed by atoms with Crippen LogP contribution >= 0.6 is 35.1 Å². The number of carbonyl (C=O) groups is 3. The quantitative estimate of drug-likeness (QED) is 0.307. The Balaban J connectivity index is 1.27. The highest BCUT2D eigenvalue weighted by molar-refractivity contribution is 8.13. The van der Waals surface area contributed by atoms with Gasteiger partial charge in [-0.05, 0) is 110 Å². The predicted octanol–water partition coefficient (Wildman–Crippen LogP) is 7.56. The van der Waals surface area contributed by atoms with Gasteiger partial charge in [0.2, 0.25) is 5.12 Å². The van der Waals surface area contributed by atoms with Crippen LogP contribution in [0.5, 0.6) is 5.75 Å². The molecule has 7 atom stereocenters. The molecule has 0 spiro atoms. The summed E-state index contributed by atoms with van der Waals surface area (Å²) in [5, 5.41) is 21.2. The van der Waals surface area contributed by atoms with Crippen LogP contribution in [0.1, 0.15) is 56.3 Å². The Hall–Kier alpha value is -2.59. The summed E-state index contributed by atoms with van der Waals surface area (Å²) in [4.78, 5) is 41.2. The van der Waals surface area contributed by atoms with E-state index in [-0.39, 0.29) is 52.7 Å². The molecule has 0 radical (unpaired) electrons. The van der Waals surface area contributed by atoms with Gasteiger partial charge in [0.25, 0.3) is 0 Å². The van der Waals surface area contributed by atoms with Crippen molar-refractivity contribution in [1.82, 2.24) is 0 Å². The zero-order valence-electron chi connectivity index (χ0n) is 24.4. The van der Waals surface area contributed by atoms with Gasteiger partial charge in [-0.25, -0.2) is 9.18 Å². The van der Waals surface area contributed by atoms with Crippen LogP contribution in [0.2, 0.25) is 5.02 Å². The smallest absolute Gasteiger partial charge is 0.339 e. The van der Waals surface area contributed by atoms with E-state index in [9.17, 15) is 29.0 Å². The van der Waals surface area contributed by atoms with Gasteiger partial charge in [0, 0.05) is 26.5 Å². The number of esters is 1. The third-order valence-electron chi connectivity index (χ3n) is 10.6. The number of ketones is 1. The number of halogens is 2. The molecule has 3 saturated carbocycles. The second-order valence-electron chi connectivity index (χ2n) is 12.7. The maximum absolute atomic E-state index is 13.8. The summed E-state index contributed by atoms with van der Waals surface area (Å²) in [6.07, 6.45) is 6.96. The van der Waals surface area contributed by atoms with E-state index in [2.05, 4.69) is 6.92 Å². The number of aliphatic hydroxyl groups excluding tert-OH is 1. The summed E-state index contributed by atoms with van der Waals surface area (Å²) < 4.78 is 19.9. The van der Waals surface area contributed by atoms with Crippen LogP contribution in [0.3, 0.4) is 0 Å². The first-order valence-corrected chi connectivity index (χ1v) is 16.9. The number of allylic oxidation sites excluding steroid dienone is 4. The molecule has 0 aliphatic heterocycles. The average Bonchev–Trinajstić information content (AvgIpc) is 3.27. The molecule has 0 aromatic heterocycles. The summed E-state index contributed by atoms with van der Waals surface area (Å²) in [6.45, 7) is 4.00. The monoisotopic (exact) mass is 656 g/mol. The number of fused-ring (bicyclic) bond motifs is 5. The van der Waals surface area contributed by atoms with Gasteiger partial charge in [0.1, 0.15) is 11.8 Å². The second kappa shape index (κ2) is 11.6. The Labute approximate surface area is 269 Å². The molecule has 2 aromatic rings. The van der Waals surface area contributed by atoms with Gasteiger partial charge in [-0.2, -0.15) is 0 Å². The third kappa shape index (κ3) is 5.04. The normalized spacial score (nSPS) is 34.0. The van der Waals surface area contributed by atoms with Crippen molar-refractivity contribution in [2.45, 2.75) is 67.4 Å². The minimum Gasteiger partial charge on any atom is -0.506 e. The molecular weight excluding hydrogens is 623 g/mol. The molecular formula is C34H34ClFO6S2. The second-order valence-corrected chi connectivity index (χ2v) is 15.2. The number of phenolic OH excluding ortho intramolecular Hbond substituents is 1. The number of hydrogen-bond acceptors (Lipinski definition) is 8. The number of phenols is 1. The first-order valence-electron chi connectivity index (χ1n) is 14.8. The molecule has 2 N–H and O–H groups in total. The van der Waals surface area contributed by atoms with Crippen molar-refractivity contribution in [2.75, 3.05) is 6.01 Å². The fourth-order valence-corrected chi connectivity index (χ4v) is 10.4. The molecule has 0 saturated heterocycles. The number of thioether (sulfide) groups is 1. The number of benzene rings is 2. The van der Waals surface area contributed by atoms with Crippen molar-refractivity contribution in [3.8, 4) is 5.75 Å². The predicted molar refractivity (Wildman–Crippen MR) is 168 cm³/mol. The van der Waals surface area contributed by atoms with Crippen LogP contribution in [-0.4, -0.2) is 44.8 Å². The lowest BCUT2D eigenvalue weighted by molar-refractivity contribution is -0.171. The number of ether oxygens (including phenoxy) is 1. The molecule has 4 aliphatic carbocycles. The van der Waals surface area contributed by atoms with E-state index < -0.39 is 39.6 Å². The maximum Gasteiger partial charge on any atom is 0.339 e. The van der Waals surface area contributed by atoms with Crippen LogP contribution in [0.15, 0.2) is 76.1 Å². The van der Waals surface area contributed by atoms with Crippen LogP contribution in [-0.2, 0) is 14.3 Å². The van der Waals surface area contributed by atoms with Crippen LogP contribution in [0.4, 0.5) is 4.39 Å². The Kier molecular flexibility index (Phi) is 8.31. The molecule has 3 fully saturated rings. The molecule has 10 heteroatoms. The minimum atomic E-state index is -1.59. The largest absolute Gasteiger partial charge is 0.506 e. The zero-order valence-corrected chi connectivity index (χ0v) is 26.8. The molecule has 0 bridgehead atoms. The Bertz CT molecular complexity index is 1580. The Morgan fingerprint density at radius 1 is 1.11 bits per heavy atom. The van der Waals surface area contributed by atoms with E-state index in [4.69, 9.17) is 16.3 Å². The summed E-state index contributed by atoms with van der Waals surface area (Å²) in [7, 11) is 0. The molecule has 0 heterocycles. The first-order chi connectivity index (χ1) is 20.9. The van der Waals surface area contributed by atoms with Gasteiger partial charge in [-0.3, -0.25) is 9.59 Å². The lowest BCUT2D eigenvalue weighted by atomic mass is 9.46. The van der Waals surface area contributed by atoms with Crippen molar-refractivity contribution >= 4 is 52.0 Å². The van der Waals surface area contributed by atoms with Crippen molar-refractivity contribution in [1.29, 1.82) is 0 Å². The Morgan fingerprint density at radius 3 is 2.55 bits per heavy atom. The van der Waals surface area contributed by atoms with E-state index >= 15 is 0 Å². The molecule has 6 unspecified atom stereocenters. The Morgan fingerprint density at radius 2 is 1.84 bits per heavy atom. The SMILES string of the molecule is CC12C=CC(=O)C=C1CCC1C2C(O)CC2(C)C1CC[C@]2(OC(=O)c1ccc(Sc2ccc(O)c(Cl)c2)cc1)C(=O)SCF. The zero-order chi connectivity index (χ0) is 31.4. The van der Waals surface area contributed by atoms with Gasteiger partial charge in [0.15, 0.2) is 11.4 Å². The van der Waals surface area contributed by atoms with Crippen LogP contribution in [0.25, 0.3) is 0 Å². The van der Waals surface area contributed by atoms with E-state index in [0.717, 1.165) is 21.8 Å². The minimum absolute atomic E-state index is 0.00560. The van der Waals surface area contributed by atoms with Crippen LogP contribution < -0.4 is 0 Å². The van der Waals surface area contributed by atoms with Gasteiger partial charge in [-0.1, -0.05) is 48.9 Å². The highest BCUT2D eigenvalue weighted by atomic mass is 35.5. The molecule has 232 valence electrons. The summed E-state index contributed by atoms with van der Waals surface area (Å²) in [5.74, 6) is -0.855. The lowest BCUT2D eigenvalue weighted by Gasteiger charge is -2.59. The van der Waals surface area contributed by atoms with Crippen molar-refractivity contribution in [3.63, 3.8) is 0 Å². The van der Waals surface area contributed by atoms with Gasteiger partial charge in [-0.15, -0.1) is 0 Å². The van der Waals surface area contributed by atoms with Crippen molar-refractivity contribution in [3.05, 3.63) is 76.9 Å². The molecule has 0 amide bonds. The number of carbonyl (C=O) groups excluding carboxylic acids is 3. The van der Waals surface area contributed by atoms with Gasteiger partial charge in [0.05, 0.1) is 16.7 Å². The summed E-state index contributed by atoms with van der Waals surface area (Å²) in [6, 6.07) is 10.7. The van der Waals surface area contributed by atoms with Crippen LogP contribution in [0, 0.1) is 28.6 Å². The standard InChI is InChI=1S/C34H34ClFO6S2/c1-32-13-11-21(37)15-20(32)5-9-24-25-12-14-34(31(41)43-18-36,33(25,2)17-28(39)29(24)32)42-30(40)19-3-6-22(7-4-19)44-23-8-10-27(38)26(35)16-23/h3-4,6-8,10-11,13,15-16,24-25,28-29,38-39H,5,9,12,14,17-18H2,1-2H3/t24?,25?,28?,29?,32?,33?,34-/m0/s1. The van der Waals surface area contributed by atoms with E-state index in [1.807, 2.05) is 13.0 Å². The summed E-state index contributed by atoms with van der Waals surface area (Å²) in [5.41, 5.74) is -1.68. The number of rotatable bonds is 6.